The predicted molar refractivity (Wildman–Crippen MR) is 75.0 cm³/mol. The lowest BCUT2D eigenvalue weighted by Crippen LogP contribution is -2.01. The van der Waals surface area contributed by atoms with Crippen LogP contribution in [0, 0.1) is 20.8 Å². The van der Waals surface area contributed by atoms with E-state index in [2.05, 4.69) is 0 Å². The van der Waals surface area contributed by atoms with E-state index in [1.165, 1.54) is 11.3 Å². The van der Waals surface area contributed by atoms with Crippen molar-refractivity contribution >= 4 is 17.1 Å². The minimum atomic E-state index is 0.0851. The van der Waals surface area contributed by atoms with Gasteiger partial charge in [0.15, 0.2) is 0 Å². The Morgan fingerprint density at radius 2 is 1.72 bits per heavy atom. The van der Waals surface area contributed by atoms with Crippen molar-refractivity contribution in [2.45, 2.75) is 20.8 Å². The molecular formula is C15H16O2S. The van der Waals surface area contributed by atoms with Crippen molar-refractivity contribution in [3.63, 3.8) is 0 Å². The van der Waals surface area contributed by atoms with Crippen LogP contribution in [0.1, 0.15) is 31.2 Å². The van der Waals surface area contributed by atoms with Gasteiger partial charge in [-0.1, -0.05) is 0 Å². The summed E-state index contributed by atoms with van der Waals surface area (Å²) in [5.74, 6) is 0.941. The second-order valence-electron chi connectivity index (χ2n) is 4.38. The Morgan fingerprint density at radius 3 is 2.17 bits per heavy atom. The number of carbonyl (C=O) groups excluding carboxylic acids is 1. The summed E-state index contributed by atoms with van der Waals surface area (Å²) in [6.07, 6.45) is 0. The Morgan fingerprint density at radius 1 is 1.11 bits per heavy atom. The molecule has 0 aliphatic heterocycles. The van der Waals surface area contributed by atoms with Gasteiger partial charge in [-0.3, -0.25) is 4.79 Å². The number of ether oxygens (including phenoxy) is 1. The van der Waals surface area contributed by atoms with Crippen LogP contribution in [-0.2, 0) is 0 Å². The van der Waals surface area contributed by atoms with E-state index in [4.69, 9.17) is 4.74 Å². The maximum Gasteiger partial charge on any atom is 0.202 e. The van der Waals surface area contributed by atoms with E-state index in [0.29, 0.717) is 0 Å². The maximum atomic E-state index is 12.3. The summed E-state index contributed by atoms with van der Waals surface area (Å²) in [6.45, 7) is 5.93. The molecule has 2 nitrogen and oxygen atoms in total. The third-order valence-corrected chi connectivity index (χ3v) is 3.89. The molecular weight excluding hydrogens is 244 g/mol. The molecule has 3 heteroatoms. The van der Waals surface area contributed by atoms with Gasteiger partial charge in [-0.15, -0.1) is 11.3 Å². The molecule has 0 unspecified atom stereocenters. The maximum absolute atomic E-state index is 12.3. The molecule has 94 valence electrons. The minimum Gasteiger partial charge on any atom is -0.496 e. The molecule has 0 radical (unpaired) electrons. The first-order chi connectivity index (χ1) is 8.52. The van der Waals surface area contributed by atoms with Gasteiger partial charge in [0.05, 0.1) is 12.0 Å². The normalized spacial score (nSPS) is 10.4. The van der Waals surface area contributed by atoms with Gasteiger partial charge < -0.3 is 4.74 Å². The number of hydrogen-bond donors (Lipinski definition) is 0. The first-order valence-corrected chi connectivity index (χ1v) is 6.61. The molecule has 0 atom stereocenters. The lowest BCUT2D eigenvalue weighted by Gasteiger charge is -2.10. The van der Waals surface area contributed by atoms with Crippen LogP contribution in [0.25, 0.3) is 0 Å². The number of thiophene rings is 1. The molecule has 1 aromatic heterocycles. The SMILES string of the molecule is COc1c(C)cc(C(=O)c2ccc(C)s2)cc1C. The molecule has 0 spiro atoms. The Kier molecular flexibility index (Phi) is 3.53. The molecule has 0 saturated heterocycles. The van der Waals surface area contributed by atoms with Crippen molar-refractivity contribution in [2.24, 2.45) is 0 Å². The van der Waals surface area contributed by atoms with Gasteiger partial charge in [-0.05, 0) is 56.2 Å². The highest BCUT2D eigenvalue weighted by Gasteiger charge is 2.14. The van der Waals surface area contributed by atoms with Gasteiger partial charge >= 0.3 is 0 Å². The minimum absolute atomic E-state index is 0.0851. The van der Waals surface area contributed by atoms with E-state index in [1.54, 1.807) is 7.11 Å². The van der Waals surface area contributed by atoms with Crippen LogP contribution in [0.15, 0.2) is 24.3 Å². The van der Waals surface area contributed by atoms with Crippen molar-refractivity contribution in [1.82, 2.24) is 0 Å². The highest BCUT2D eigenvalue weighted by molar-refractivity contribution is 7.14. The summed E-state index contributed by atoms with van der Waals surface area (Å²) < 4.78 is 5.31. The summed E-state index contributed by atoms with van der Waals surface area (Å²) in [5.41, 5.74) is 2.72. The van der Waals surface area contributed by atoms with Crippen LogP contribution < -0.4 is 4.74 Å². The second-order valence-corrected chi connectivity index (χ2v) is 5.67. The highest BCUT2D eigenvalue weighted by Crippen LogP contribution is 2.27. The van der Waals surface area contributed by atoms with Crippen LogP contribution in [0.2, 0.25) is 0 Å². The van der Waals surface area contributed by atoms with Gasteiger partial charge in [0.25, 0.3) is 0 Å². The molecule has 0 amide bonds. The van der Waals surface area contributed by atoms with Crippen LogP contribution in [0.4, 0.5) is 0 Å². The fourth-order valence-electron chi connectivity index (χ4n) is 2.10. The summed E-state index contributed by atoms with van der Waals surface area (Å²) in [7, 11) is 1.65. The number of ketones is 1. The Labute approximate surface area is 111 Å². The van der Waals surface area contributed by atoms with Crippen molar-refractivity contribution < 1.29 is 9.53 Å². The fraction of sp³-hybridized carbons (Fsp3) is 0.267. The van der Waals surface area contributed by atoms with Gasteiger partial charge in [-0.2, -0.15) is 0 Å². The summed E-state index contributed by atoms with van der Waals surface area (Å²) >= 11 is 1.53. The number of rotatable bonds is 3. The summed E-state index contributed by atoms with van der Waals surface area (Å²) in [5, 5.41) is 0. The predicted octanol–water partition coefficient (Wildman–Crippen LogP) is 3.91. The molecule has 1 heterocycles. The highest BCUT2D eigenvalue weighted by atomic mass is 32.1. The molecule has 0 aliphatic carbocycles. The molecule has 0 saturated carbocycles. The lowest BCUT2D eigenvalue weighted by molar-refractivity contribution is 0.104. The van der Waals surface area contributed by atoms with Crippen LogP contribution in [0.3, 0.4) is 0 Å². The summed E-state index contributed by atoms with van der Waals surface area (Å²) in [6, 6.07) is 7.64. The molecule has 0 fully saturated rings. The average molecular weight is 260 g/mol. The van der Waals surface area contributed by atoms with Crippen LogP contribution in [-0.4, -0.2) is 12.9 Å². The molecule has 2 aromatic rings. The second kappa shape index (κ2) is 4.94. The largest absolute Gasteiger partial charge is 0.496 e. The molecule has 0 aliphatic rings. The molecule has 18 heavy (non-hydrogen) atoms. The lowest BCUT2D eigenvalue weighted by atomic mass is 10.0. The number of carbonyl (C=O) groups is 1. The quantitative estimate of drug-likeness (QED) is 0.782. The molecule has 1 aromatic carbocycles. The van der Waals surface area contributed by atoms with Gasteiger partial charge in [0, 0.05) is 10.4 Å². The van der Waals surface area contributed by atoms with Crippen molar-refractivity contribution in [2.75, 3.05) is 7.11 Å². The van der Waals surface area contributed by atoms with E-state index in [9.17, 15) is 4.79 Å². The van der Waals surface area contributed by atoms with Crippen LogP contribution in [0.5, 0.6) is 5.75 Å². The fourth-order valence-corrected chi connectivity index (χ4v) is 2.93. The summed E-state index contributed by atoms with van der Waals surface area (Å²) in [4.78, 5) is 14.3. The van der Waals surface area contributed by atoms with E-state index in [0.717, 1.165) is 32.2 Å². The third kappa shape index (κ3) is 2.31. The van der Waals surface area contributed by atoms with Gasteiger partial charge in [-0.25, -0.2) is 0 Å². The standard InChI is InChI=1S/C15H16O2S/c1-9-7-12(8-10(2)15(9)17-4)14(16)13-6-5-11(3)18-13/h5-8H,1-4H3. The number of benzene rings is 1. The Balaban J connectivity index is 2.43. The van der Waals surface area contributed by atoms with Gasteiger partial charge in [0.2, 0.25) is 5.78 Å². The zero-order chi connectivity index (χ0) is 13.3. The first-order valence-electron chi connectivity index (χ1n) is 5.79. The van der Waals surface area contributed by atoms with Gasteiger partial charge in [0.1, 0.15) is 5.75 Å². The smallest absolute Gasteiger partial charge is 0.202 e. The third-order valence-electron chi connectivity index (χ3n) is 2.89. The number of hydrogen-bond acceptors (Lipinski definition) is 3. The Bertz CT molecular complexity index is 573. The first kappa shape index (κ1) is 12.8. The zero-order valence-electron chi connectivity index (χ0n) is 11.0. The monoisotopic (exact) mass is 260 g/mol. The van der Waals surface area contributed by atoms with Crippen LogP contribution >= 0.6 is 11.3 Å². The van der Waals surface area contributed by atoms with Crippen molar-refractivity contribution in [3.05, 3.63) is 50.7 Å². The number of aryl methyl sites for hydroxylation is 3. The average Bonchev–Trinajstić information content (AvgIpc) is 2.74. The van der Waals surface area contributed by atoms with Crippen molar-refractivity contribution in [1.29, 1.82) is 0 Å². The Hall–Kier alpha value is -1.61. The molecule has 0 N–H and O–H groups in total. The topological polar surface area (TPSA) is 26.3 Å². The van der Waals surface area contributed by atoms with E-state index in [-0.39, 0.29) is 5.78 Å². The number of methoxy groups -OCH3 is 1. The molecule has 0 bridgehead atoms. The zero-order valence-corrected chi connectivity index (χ0v) is 11.9. The van der Waals surface area contributed by atoms with E-state index >= 15 is 0 Å². The van der Waals surface area contributed by atoms with E-state index in [1.807, 2.05) is 45.0 Å². The van der Waals surface area contributed by atoms with Crippen molar-refractivity contribution in [3.8, 4) is 5.75 Å². The van der Waals surface area contributed by atoms with E-state index < -0.39 is 0 Å². The molecule has 2 rings (SSSR count).